The molecule has 2 amide bonds. The van der Waals surface area contributed by atoms with Crippen molar-refractivity contribution in [2.45, 2.75) is 0 Å². The van der Waals surface area contributed by atoms with E-state index in [9.17, 15) is 18.8 Å². The third-order valence-corrected chi connectivity index (χ3v) is 6.31. The van der Waals surface area contributed by atoms with Gasteiger partial charge in [-0.05, 0) is 43.4 Å². The maximum atomic E-state index is 14.6. The highest BCUT2D eigenvalue weighted by atomic mass is 19.1. The van der Waals surface area contributed by atoms with Crippen LogP contribution in [0, 0.1) is 5.82 Å². The number of carbonyl (C=O) groups excluding carboxylic acids is 2. The lowest BCUT2D eigenvalue weighted by molar-refractivity contribution is 0.0696. The third kappa shape index (κ3) is 3.34. The summed E-state index contributed by atoms with van der Waals surface area (Å²) in [4.78, 5) is 47.9. The van der Waals surface area contributed by atoms with Gasteiger partial charge in [-0.25, -0.2) is 19.1 Å². The summed E-state index contributed by atoms with van der Waals surface area (Å²) >= 11 is 0. The van der Waals surface area contributed by atoms with Crippen LogP contribution in [0.2, 0.25) is 0 Å². The number of carboxylic acid groups (broad SMARTS) is 1. The highest BCUT2D eigenvalue weighted by molar-refractivity contribution is 6.37. The number of rotatable bonds is 4. The molecule has 2 aliphatic heterocycles. The number of halogens is 1. The number of likely N-dealkylation sites (N-methyl/N-ethyl adjacent to an activating group) is 1. The van der Waals surface area contributed by atoms with Gasteiger partial charge < -0.3 is 20.2 Å². The topological polar surface area (TPSA) is 106 Å². The van der Waals surface area contributed by atoms with Gasteiger partial charge in [-0.1, -0.05) is 0 Å². The molecule has 174 valence electrons. The average molecular weight is 463 g/mol. The van der Waals surface area contributed by atoms with Crippen LogP contribution in [0.25, 0.3) is 10.9 Å². The fourth-order valence-corrected chi connectivity index (χ4v) is 4.52. The van der Waals surface area contributed by atoms with Gasteiger partial charge in [0.25, 0.3) is 11.8 Å². The molecule has 0 unspecified atom stereocenters. The zero-order valence-electron chi connectivity index (χ0n) is 18.6. The van der Waals surface area contributed by atoms with Crippen LogP contribution in [0.1, 0.15) is 31.2 Å². The first-order valence-corrected chi connectivity index (χ1v) is 10.8. The first kappa shape index (κ1) is 21.8. The molecule has 5 rings (SSSR count). The number of nitrogens with zero attached hydrogens (tertiary/aromatic N) is 4. The Balaban J connectivity index is 1.72. The normalized spacial score (nSPS) is 16.3. The highest BCUT2D eigenvalue weighted by Crippen LogP contribution is 2.41. The number of amides is 2. The van der Waals surface area contributed by atoms with Gasteiger partial charge in [0.15, 0.2) is 0 Å². The SMILES string of the molecule is CNc1cc(F)cc2c(N3CCN(C)CC3)c3c(nc12)C(=O)N(c1ccc(C(=O)O)cc1)C3=O. The quantitative estimate of drug-likeness (QED) is 0.569. The predicted molar refractivity (Wildman–Crippen MR) is 125 cm³/mol. The molecule has 3 aromatic rings. The van der Waals surface area contributed by atoms with Crippen LogP contribution in [-0.4, -0.2) is 73.0 Å². The molecule has 0 spiro atoms. The lowest BCUT2D eigenvalue weighted by Crippen LogP contribution is -2.45. The molecular formula is C24H22FN5O4. The summed E-state index contributed by atoms with van der Waals surface area (Å²) in [6.07, 6.45) is 0. The molecule has 2 aromatic carbocycles. The number of aromatic carboxylic acids is 1. The number of hydrogen-bond acceptors (Lipinski definition) is 7. The summed E-state index contributed by atoms with van der Waals surface area (Å²) in [5, 5.41) is 12.5. The van der Waals surface area contributed by atoms with Crippen LogP contribution in [0.5, 0.6) is 0 Å². The van der Waals surface area contributed by atoms with Gasteiger partial charge in [0.1, 0.15) is 11.5 Å². The average Bonchev–Trinajstić information content (AvgIpc) is 3.07. The van der Waals surface area contributed by atoms with E-state index in [1.165, 1.54) is 36.4 Å². The Hall–Kier alpha value is -4.05. The summed E-state index contributed by atoms with van der Waals surface area (Å²) in [6.45, 7) is 2.69. The van der Waals surface area contributed by atoms with Crippen LogP contribution in [0.3, 0.4) is 0 Å². The van der Waals surface area contributed by atoms with Crippen molar-refractivity contribution in [2.75, 3.05) is 55.4 Å². The fourth-order valence-electron chi connectivity index (χ4n) is 4.52. The van der Waals surface area contributed by atoms with Crippen molar-refractivity contribution in [3.8, 4) is 0 Å². The van der Waals surface area contributed by atoms with Crippen molar-refractivity contribution >= 4 is 45.7 Å². The number of pyridine rings is 1. The van der Waals surface area contributed by atoms with E-state index in [0.29, 0.717) is 35.4 Å². The summed E-state index contributed by atoms with van der Waals surface area (Å²) in [5.41, 5.74) is 1.72. The van der Waals surface area contributed by atoms with Crippen molar-refractivity contribution in [3.05, 3.63) is 59.0 Å². The molecule has 0 aliphatic carbocycles. The van der Waals surface area contributed by atoms with Gasteiger partial charge in [-0.15, -0.1) is 0 Å². The van der Waals surface area contributed by atoms with Crippen molar-refractivity contribution in [1.82, 2.24) is 9.88 Å². The first-order chi connectivity index (χ1) is 16.3. The van der Waals surface area contributed by atoms with Crippen molar-refractivity contribution < 1.29 is 23.9 Å². The second-order valence-electron chi connectivity index (χ2n) is 8.37. The van der Waals surface area contributed by atoms with E-state index in [4.69, 9.17) is 5.11 Å². The number of piperazine rings is 1. The highest BCUT2D eigenvalue weighted by Gasteiger charge is 2.42. The van der Waals surface area contributed by atoms with E-state index in [1.807, 2.05) is 11.9 Å². The van der Waals surface area contributed by atoms with E-state index in [1.54, 1.807) is 7.05 Å². The number of carboxylic acids is 1. The molecule has 3 heterocycles. The maximum absolute atomic E-state index is 14.6. The number of benzene rings is 2. The second-order valence-corrected chi connectivity index (χ2v) is 8.37. The van der Waals surface area contributed by atoms with Crippen LogP contribution in [0.15, 0.2) is 36.4 Å². The number of aromatic nitrogens is 1. The molecular weight excluding hydrogens is 441 g/mol. The Labute approximate surface area is 194 Å². The van der Waals surface area contributed by atoms with Gasteiger partial charge in [0.2, 0.25) is 0 Å². The Bertz CT molecular complexity index is 1350. The molecule has 0 radical (unpaired) electrons. The Morgan fingerprint density at radius 2 is 1.74 bits per heavy atom. The molecule has 1 aromatic heterocycles. The Kier molecular flexibility index (Phi) is 5.17. The number of fused-ring (bicyclic) bond motifs is 2. The maximum Gasteiger partial charge on any atom is 0.335 e. The lowest BCUT2D eigenvalue weighted by atomic mass is 10.0. The molecule has 34 heavy (non-hydrogen) atoms. The minimum Gasteiger partial charge on any atom is -0.478 e. The zero-order chi connectivity index (χ0) is 24.1. The number of imide groups is 1. The number of hydrogen-bond donors (Lipinski definition) is 2. The van der Waals surface area contributed by atoms with Crippen LogP contribution in [-0.2, 0) is 0 Å². The minimum atomic E-state index is -1.11. The van der Waals surface area contributed by atoms with Crippen LogP contribution in [0.4, 0.5) is 21.5 Å². The molecule has 10 heteroatoms. The standard InChI is InChI=1S/C24H22FN5O4/c1-26-17-12-14(25)11-16-19(17)27-20-18(21(16)29-9-7-28(2)8-10-29)22(31)30(23(20)32)15-5-3-13(4-6-15)24(33)34/h3-6,11-12,26H,7-10H2,1-2H3,(H,33,34). The molecule has 0 atom stereocenters. The number of anilines is 3. The third-order valence-electron chi connectivity index (χ3n) is 6.31. The molecule has 1 saturated heterocycles. The zero-order valence-corrected chi connectivity index (χ0v) is 18.6. The minimum absolute atomic E-state index is 0.00292. The molecule has 2 aliphatic rings. The van der Waals surface area contributed by atoms with Gasteiger partial charge >= 0.3 is 5.97 Å². The van der Waals surface area contributed by atoms with Crippen molar-refractivity contribution in [1.29, 1.82) is 0 Å². The summed E-state index contributed by atoms with van der Waals surface area (Å²) in [5.74, 6) is -2.76. The first-order valence-electron chi connectivity index (χ1n) is 10.8. The van der Waals surface area contributed by atoms with E-state index in [2.05, 4.69) is 15.2 Å². The van der Waals surface area contributed by atoms with Gasteiger partial charge in [-0.3, -0.25) is 9.59 Å². The Morgan fingerprint density at radius 3 is 2.35 bits per heavy atom. The summed E-state index contributed by atoms with van der Waals surface area (Å²) in [6, 6.07) is 8.15. The van der Waals surface area contributed by atoms with Gasteiger partial charge in [-0.2, -0.15) is 0 Å². The monoisotopic (exact) mass is 463 g/mol. The lowest BCUT2D eigenvalue weighted by Gasteiger charge is -2.35. The van der Waals surface area contributed by atoms with E-state index in [0.717, 1.165) is 18.0 Å². The van der Waals surface area contributed by atoms with E-state index >= 15 is 0 Å². The smallest absolute Gasteiger partial charge is 0.335 e. The van der Waals surface area contributed by atoms with Crippen LogP contribution < -0.4 is 15.1 Å². The fraction of sp³-hybridized carbons (Fsp3) is 0.250. The van der Waals surface area contributed by atoms with E-state index in [-0.39, 0.29) is 22.5 Å². The predicted octanol–water partition coefficient (Wildman–Crippen LogP) is 2.67. The molecule has 2 N–H and O–H groups in total. The van der Waals surface area contributed by atoms with Gasteiger partial charge in [0, 0.05) is 38.6 Å². The summed E-state index contributed by atoms with van der Waals surface area (Å²) < 4.78 is 14.6. The van der Waals surface area contributed by atoms with Crippen molar-refractivity contribution in [3.63, 3.8) is 0 Å². The number of carbonyl (C=O) groups is 3. The number of nitrogens with one attached hydrogen (secondary N) is 1. The summed E-state index contributed by atoms with van der Waals surface area (Å²) in [7, 11) is 3.64. The molecule has 1 fully saturated rings. The van der Waals surface area contributed by atoms with Gasteiger partial charge in [0.05, 0.1) is 33.7 Å². The van der Waals surface area contributed by atoms with Crippen LogP contribution >= 0.6 is 0 Å². The Morgan fingerprint density at radius 1 is 1.06 bits per heavy atom. The van der Waals surface area contributed by atoms with Crippen molar-refractivity contribution in [2.24, 2.45) is 0 Å². The molecule has 0 bridgehead atoms. The molecule has 9 nitrogen and oxygen atoms in total. The largest absolute Gasteiger partial charge is 0.478 e. The second kappa shape index (κ2) is 8.07. The van der Waals surface area contributed by atoms with E-state index < -0.39 is 23.6 Å². The molecule has 0 saturated carbocycles.